The number of nitrogens with zero attached hydrogens (tertiary/aromatic N) is 1. The molecule has 1 aromatic heterocycles. The zero-order chi connectivity index (χ0) is 15.2. The molecule has 0 aromatic carbocycles. The van der Waals surface area contributed by atoms with Crippen molar-refractivity contribution in [3.63, 3.8) is 0 Å². The van der Waals surface area contributed by atoms with Gasteiger partial charge in [-0.1, -0.05) is 0 Å². The normalized spacial score (nSPS) is 12.8. The fraction of sp³-hybridized carbons (Fsp3) is 0.533. The Morgan fingerprint density at radius 3 is 2.95 bits per heavy atom. The second-order valence-electron chi connectivity index (χ2n) is 5.04. The van der Waals surface area contributed by atoms with Crippen LogP contribution in [0.25, 0.3) is 0 Å². The largest absolute Gasteiger partial charge is 0.466 e. The summed E-state index contributed by atoms with van der Waals surface area (Å²) in [5.74, 6) is -0.173. The number of hydrogen-bond donors (Lipinski definition) is 2. The first kappa shape index (κ1) is 15.3. The summed E-state index contributed by atoms with van der Waals surface area (Å²) in [7, 11) is 0. The minimum absolute atomic E-state index is 0.212. The number of amides is 1. The highest BCUT2D eigenvalue weighted by molar-refractivity contribution is 5.97. The molecule has 0 bridgehead atoms. The molecule has 1 aromatic rings. The Hall–Kier alpha value is -2.11. The topological polar surface area (TPSA) is 94.3 Å². The maximum atomic E-state index is 11.5. The smallest absolute Gasteiger partial charge is 0.305 e. The highest BCUT2D eigenvalue weighted by Crippen LogP contribution is 2.25. The molecule has 1 heterocycles. The van der Waals surface area contributed by atoms with Gasteiger partial charge in [-0.15, -0.1) is 0 Å². The molecule has 0 saturated carbocycles. The van der Waals surface area contributed by atoms with E-state index in [1.54, 1.807) is 6.92 Å². The van der Waals surface area contributed by atoms with E-state index in [9.17, 15) is 9.59 Å². The summed E-state index contributed by atoms with van der Waals surface area (Å²) in [5.41, 5.74) is 7.98. The number of carbonyl (C=O) groups is 2. The fourth-order valence-corrected chi connectivity index (χ4v) is 2.47. The number of aryl methyl sites for hydroxylation is 2. The number of anilines is 1. The average Bonchev–Trinajstić information content (AvgIpc) is 2.90. The van der Waals surface area contributed by atoms with Crippen LogP contribution in [0.1, 0.15) is 47.8 Å². The van der Waals surface area contributed by atoms with Gasteiger partial charge >= 0.3 is 5.97 Å². The summed E-state index contributed by atoms with van der Waals surface area (Å²) in [6, 6.07) is 1.84. The lowest BCUT2D eigenvalue weighted by molar-refractivity contribution is -0.143. The van der Waals surface area contributed by atoms with Gasteiger partial charge in [0.2, 0.25) is 0 Å². The number of aromatic nitrogens is 1. The van der Waals surface area contributed by atoms with Crippen molar-refractivity contribution in [2.24, 2.45) is 5.73 Å². The molecule has 6 heteroatoms. The maximum absolute atomic E-state index is 11.5. The molecule has 0 fully saturated rings. The predicted molar refractivity (Wildman–Crippen MR) is 79.1 cm³/mol. The standard InChI is InChI=1S/C15H21N3O3/c1-2-21-13(19)7-4-8-17-15-11(14(16)20)9-10-5-3-6-12(10)18-15/h9H,2-8H2,1H3,(H2,16,20)(H,17,18). The number of nitrogens with one attached hydrogen (secondary N) is 1. The number of pyridine rings is 1. The van der Waals surface area contributed by atoms with Gasteiger partial charge < -0.3 is 15.8 Å². The highest BCUT2D eigenvalue weighted by Gasteiger charge is 2.18. The van der Waals surface area contributed by atoms with Crippen LogP contribution in [0.5, 0.6) is 0 Å². The second-order valence-corrected chi connectivity index (χ2v) is 5.04. The highest BCUT2D eigenvalue weighted by atomic mass is 16.5. The third kappa shape index (κ3) is 3.93. The molecule has 0 spiro atoms. The molecule has 21 heavy (non-hydrogen) atoms. The number of primary amides is 1. The van der Waals surface area contributed by atoms with E-state index in [1.165, 1.54) is 0 Å². The van der Waals surface area contributed by atoms with Crippen molar-refractivity contribution in [1.82, 2.24) is 4.98 Å². The predicted octanol–water partition coefficient (Wildman–Crippen LogP) is 1.42. The molecule has 2 rings (SSSR count). The van der Waals surface area contributed by atoms with Gasteiger partial charge in [-0.25, -0.2) is 4.98 Å². The summed E-state index contributed by atoms with van der Waals surface area (Å²) >= 11 is 0. The lowest BCUT2D eigenvalue weighted by Gasteiger charge is -2.11. The lowest BCUT2D eigenvalue weighted by atomic mass is 10.1. The number of nitrogens with two attached hydrogens (primary N) is 1. The number of ether oxygens (including phenoxy) is 1. The Labute approximate surface area is 124 Å². The number of esters is 1. The third-order valence-electron chi connectivity index (χ3n) is 3.47. The molecule has 1 aliphatic rings. The molecular formula is C15H21N3O3. The van der Waals surface area contributed by atoms with Crippen LogP contribution in [0.4, 0.5) is 5.82 Å². The zero-order valence-corrected chi connectivity index (χ0v) is 12.3. The van der Waals surface area contributed by atoms with Crippen molar-refractivity contribution in [2.75, 3.05) is 18.5 Å². The summed E-state index contributed by atoms with van der Waals surface area (Å²) in [6.07, 6.45) is 3.91. The van der Waals surface area contributed by atoms with E-state index in [-0.39, 0.29) is 5.97 Å². The minimum atomic E-state index is -0.481. The van der Waals surface area contributed by atoms with Crippen molar-refractivity contribution in [3.8, 4) is 0 Å². The molecule has 0 aliphatic heterocycles. The van der Waals surface area contributed by atoms with Crippen LogP contribution < -0.4 is 11.1 Å². The number of carbonyl (C=O) groups excluding carboxylic acids is 2. The molecule has 0 atom stereocenters. The Morgan fingerprint density at radius 2 is 2.24 bits per heavy atom. The molecule has 1 amide bonds. The lowest BCUT2D eigenvalue weighted by Crippen LogP contribution is -2.17. The van der Waals surface area contributed by atoms with Crippen molar-refractivity contribution in [2.45, 2.75) is 39.0 Å². The third-order valence-corrected chi connectivity index (χ3v) is 3.47. The van der Waals surface area contributed by atoms with E-state index in [0.29, 0.717) is 37.4 Å². The Balaban J connectivity index is 1.96. The second kappa shape index (κ2) is 7.06. The Kier molecular flexibility index (Phi) is 5.14. The first-order valence-electron chi connectivity index (χ1n) is 7.34. The van der Waals surface area contributed by atoms with Gasteiger partial charge in [0.25, 0.3) is 5.91 Å². The van der Waals surface area contributed by atoms with Crippen LogP contribution in [0.3, 0.4) is 0 Å². The quantitative estimate of drug-likeness (QED) is 0.585. The van der Waals surface area contributed by atoms with Crippen LogP contribution in [0, 0.1) is 0 Å². The summed E-state index contributed by atoms with van der Waals surface area (Å²) in [5, 5.41) is 3.10. The fourth-order valence-electron chi connectivity index (χ4n) is 2.47. The van der Waals surface area contributed by atoms with Crippen molar-refractivity contribution >= 4 is 17.7 Å². The van der Waals surface area contributed by atoms with Crippen LogP contribution in [-0.2, 0) is 22.4 Å². The van der Waals surface area contributed by atoms with E-state index in [1.807, 2.05) is 6.07 Å². The summed E-state index contributed by atoms with van der Waals surface area (Å²) in [6.45, 7) is 2.72. The van der Waals surface area contributed by atoms with Crippen LogP contribution in [0.2, 0.25) is 0 Å². The molecule has 3 N–H and O–H groups in total. The summed E-state index contributed by atoms with van der Waals surface area (Å²) < 4.78 is 4.86. The number of rotatable bonds is 7. The van der Waals surface area contributed by atoms with Crippen molar-refractivity contribution < 1.29 is 14.3 Å². The molecule has 6 nitrogen and oxygen atoms in total. The Morgan fingerprint density at radius 1 is 1.43 bits per heavy atom. The molecule has 0 unspecified atom stereocenters. The summed E-state index contributed by atoms with van der Waals surface area (Å²) in [4.78, 5) is 27.3. The van der Waals surface area contributed by atoms with Gasteiger partial charge in [-0.2, -0.15) is 0 Å². The number of fused-ring (bicyclic) bond motifs is 1. The minimum Gasteiger partial charge on any atom is -0.466 e. The van der Waals surface area contributed by atoms with Gasteiger partial charge in [0.1, 0.15) is 5.82 Å². The molecule has 1 aliphatic carbocycles. The van der Waals surface area contributed by atoms with E-state index >= 15 is 0 Å². The zero-order valence-electron chi connectivity index (χ0n) is 12.3. The average molecular weight is 291 g/mol. The SMILES string of the molecule is CCOC(=O)CCCNc1nc2c(cc1C(N)=O)CCC2. The van der Waals surface area contributed by atoms with Gasteiger partial charge in [0, 0.05) is 18.7 Å². The Bertz CT molecular complexity index is 543. The van der Waals surface area contributed by atoms with E-state index in [0.717, 1.165) is 30.5 Å². The monoisotopic (exact) mass is 291 g/mol. The molecule has 0 saturated heterocycles. The van der Waals surface area contributed by atoms with Crippen molar-refractivity contribution in [3.05, 3.63) is 22.9 Å². The van der Waals surface area contributed by atoms with E-state index in [2.05, 4.69) is 10.3 Å². The molecule has 0 radical (unpaired) electrons. The molecular weight excluding hydrogens is 270 g/mol. The first-order valence-corrected chi connectivity index (χ1v) is 7.34. The van der Waals surface area contributed by atoms with Crippen molar-refractivity contribution in [1.29, 1.82) is 0 Å². The van der Waals surface area contributed by atoms with Gasteiger partial charge in [0.15, 0.2) is 0 Å². The maximum Gasteiger partial charge on any atom is 0.305 e. The first-order chi connectivity index (χ1) is 10.1. The van der Waals surface area contributed by atoms with Gasteiger partial charge in [0.05, 0.1) is 12.2 Å². The van der Waals surface area contributed by atoms with Gasteiger partial charge in [-0.05, 0) is 44.2 Å². The number of hydrogen-bond acceptors (Lipinski definition) is 5. The van der Waals surface area contributed by atoms with E-state index < -0.39 is 5.91 Å². The van der Waals surface area contributed by atoms with Crippen LogP contribution >= 0.6 is 0 Å². The van der Waals surface area contributed by atoms with Gasteiger partial charge in [-0.3, -0.25) is 9.59 Å². The molecule has 114 valence electrons. The van der Waals surface area contributed by atoms with Crippen LogP contribution in [-0.4, -0.2) is 30.0 Å². The van der Waals surface area contributed by atoms with Crippen LogP contribution in [0.15, 0.2) is 6.07 Å². The van der Waals surface area contributed by atoms with E-state index in [4.69, 9.17) is 10.5 Å².